The first kappa shape index (κ1) is 14.0. The molecule has 4 heteroatoms. The fourth-order valence-electron chi connectivity index (χ4n) is 2.24. The molecule has 3 nitrogen and oxygen atoms in total. The van der Waals surface area contributed by atoms with Gasteiger partial charge in [0.15, 0.2) is 9.84 Å². The highest BCUT2D eigenvalue weighted by molar-refractivity contribution is 7.92. The highest BCUT2D eigenvalue weighted by Crippen LogP contribution is 2.26. The smallest absolute Gasteiger partial charge is 0.156 e. The third-order valence-electron chi connectivity index (χ3n) is 3.39. The maximum Gasteiger partial charge on any atom is 0.156 e. The Labute approximate surface area is 99.9 Å². The van der Waals surface area contributed by atoms with E-state index in [1.54, 1.807) is 0 Å². The molecule has 0 radical (unpaired) electrons. The van der Waals surface area contributed by atoms with Crippen LogP contribution in [0.3, 0.4) is 0 Å². The Morgan fingerprint density at radius 1 is 1.12 bits per heavy atom. The summed E-state index contributed by atoms with van der Waals surface area (Å²) >= 11 is 0. The van der Waals surface area contributed by atoms with Crippen LogP contribution in [0, 0.1) is 0 Å². The third-order valence-corrected chi connectivity index (χ3v) is 6.08. The number of hydrogen-bond donors (Lipinski definition) is 1. The predicted octanol–water partition coefficient (Wildman–Crippen LogP) is 2.12. The zero-order valence-corrected chi connectivity index (χ0v) is 11.5. The van der Waals surface area contributed by atoms with Gasteiger partial charge in [0, 0.05) is 12.6 Å². The molecule has 0 spiro atoms. The van der Waals surface area contributed by atoms with Gasteiger partial charge in [-0.15, -0.1) is 0 Å². The number of hydrogen-bond acceptors (Lipinski definition) is 3. The molecule has 16 heavy (non-hydrogen) atoms. The second-order valence-corrected chi connectivity index (χ2v) is 7.87. The van der Waals surface area contributed by atoms with E-state index in [2.05, 4.69) is 5.32 Å². The van der Waals surface area contributed by atoms with Crippen LogP contribution >= 0.6 is 0 Å². The van der Waals surface area contributed by atoms with Crippen molar-refractivity contribution in [3.05, 3.63) is 0 Å². The quantitative estimate of drug-likeness (QED) is 0.809. The summed E-state index contributed by atoms with van der Waals surface area (Å²) in [6.45, 7) is 6.50. The van der Waals surface area contributed by atoms with Crippen LogP contribution in [0.25, 0.3) is 0 Å². The molecule has 1 N–H and O–H groups in total. The minimum Gasteiger partial charge on any atom is -0.313 e. The molecule has 0 aromatic carbocycles. The van der Waals surface area contributed by atoms with Crippen LogP contribution in [0.15, 0.2) is 0 Å². The van der Waals surface area contributed by atoms with Crippen molar-refractivity contribution in [2.45, 2.75) is 69.4 Å². The molecule has 1 unspecified atom stereocenters. The number of nitrogens with one attached hydrogen (secondary N) is 1. The molecule has 1 saturated carbocycles. The second-order valence-electron chi connectivity index (χ2n) is 5.22. The van der Waals surface area contributed by atoms with Crippen molar-refractivity contribution < 1.29 is 8.42 Å². The monoisotopic (exact) mass is 247 g/mol. The van der Waals surface area contributed by atoms with Gasteiger partial charge < -0.3 is 5.32 Å². The van der Waals surface area contributed by atoms with Crippen molar-refractivity contribution in [2.75, 3.05) is 6.54 Å². The van der Waals surface area contributed by atoms with Gasteiger partial charge in [0.25, 0.3) is 0 Å². The fourth-order valence-corrected chi connectivity index (χ4v) is 4.22. The van der Waals surface area contributed by atoms with Gasteiger partial charge >= 0.3 is 0 Å². The van der Waals surface area contributed by atoms with Crippen LogP contribution in [0.4, 0.5) is 0 Å². The van der Waals surface area contributed by atoms with Crippen molar-refractivity contribution in [3.8, 4) is 0 Å². The molecule has 1 fully saturated rings. The van der Waals surface area contributed by atoms with Crippen LogP contribution in [0.5, 0.6) is 0 Å². The fraction of sp³-hybridized carbons (Fsp3) is 1.00. The second kappa shape index (κ2) is 6.01. The zero-order chi connectivity index (χ0) is 12.2. The Hall–Kier alpha value is -0.0900. The maximum atomic E-state index is 12.3. The van der Waals surface area contributed by atoms with Crippen molar-refractivity contribution in [2.24, 2.45) is 0 Å². The Bertz CT molecular complexity index is 292. The SMILES string of the molecule is CC(C)NCC(C)S(=O)(=O)C1CCCCC1. The Kier molecular flexibility index (Phi) is 5.25. The van der Waals surface area contributed by atoms with Crippen LogP contribution < -0.4 is 5.32 Å². The average molecular weight is 247 g/mol. The van der Waals surface area contributed by atoms with E-state index >= 15 is 0 Å². The maximum absolute atomic E-state index is 12.3. The highest BCUT2D eigenvalue weighted by atomic mass is 32.2. The van der Waals surface area contributed by atoms with Gasteiger partial charge in [-0.25, -0.2) is 8.42 Å². The van der Waals surface area contributed by atoms with Gasteiger partial charge in [0.05, 0.1) is 10.5 Å². The van der Waals surface area contributed by atoms with Gasteiger partial charge in [0.2, 0.25) is 0 Å². The molecule has 0 heterocycles. The van der Waals surface area contributed by atoms with Gasteiger partial charge in [-0.05, 0) is 19.8 Å². The molecule has 96 valence electrons. The van der Waals surface area contributed by atoms with Crippen LogP contribution in [-0.4, -0.2) is 31.5 Å². The van der Waals surface area contributed by atoms with Crippen LogP contribution in [0.1, 0.15) is 52.9 Å². The summed E-state index contributed by atoms with van der Waals surface area (Å²) in [5, 5.41) is 2.88. The number of sulfone groups is 1. The van der Waals surface area contributed by atoms with E-state index in [-0.39, 0.29) is 10.5 Å². The molecule has 1 atom stereocenters. The van der Waals surface area contributed by atoms with Crippen molar-refractivity contribution in [1.29, 1.82) is 0 Å². The van der Waals surface area contributed by atoms with E-state index in [1.807, 2.05) is 20.8 Å². The molecule has 0 aromatic rings. The predicted molar refractivity (Wildman–Crippen MR) is 68.4 cm³/mol. The molecule has 0 bridgehead atoms. The Morgan fingerprint density at radius 3 is 2.19 bits per heavy atom. The highest BCUT2D eigenvalue weighted by Gasteiger charge is 2.31. The van der Waals surface area contributed by atoms with Gasteiger partial charge in [0.1, 0.15) is 0 Å². The molecule has 0 amide bonds. The first-order chi connectivity index (χ1) is 7.44. The van der Waals surface area contributed by atoms with Crippen molar-refractivity contribution in [1.82, 2.24) is 5.32 Å². The summed E-state index contributed by atoms with van der Waals surface area (Å²) in [5.41, 5.74) is 0. The van der Waals surface area contributed by atoms with Crippen LogP contribution in [0.2, 0.25) is 0 Å². The van der Waals surface area contributed by atoms with Gasteiger partial charge in [-0.3, -0.25) is 0 Å². The molecular formula is C12H25NO2S. The summed E-state index contributed by atoms with van der Waals surface area (Å²) in [6.07, 6.45) is 5.09. The molecule has 0 aliphatic heterocycles. The molecule has 0 aromatic heterocycles. The molecule has 1 rings (SSSR count). The normalized spacial score (nSPS) is 21.2. The lowest BCUT2D eigenvalue weighted by atomic mass is 10.0. The molecular weight excluding hydrogens is 222 g/mol. The third kappa shape index (κ3) is 3.74. The molecule has 1 aliphatic carbocycles. The summed E-state index contributed by atoms with van der Waals surface area (Å²) in [6, 6.07) is 0.351. The van der Waals surface area contributed by atoms with E-state index in [9.17, 15) is 8.42 Å². The number of rotatable bonds is 5. The first-order valence-corrected chi connectivity index (χ1v) is 8.01. The van der Waals surface area contributed by atoms with E-state index in [4.69, 9.17) is 0 Å². The summed E-state index contributed by atoms with van der Waals surface area (Å²) in [5.74, 6) is 0. The van der Waals surface area contributed by atoms with E-state index in [0.29, 0.717) is 12.6 Å². The van der Waals surface area contributed by atoms with Crippen LogP contribution in [-0.2, 0) is 9.84 Å². The topological polar surface area (TPSA) is 46.2 Å². The summed E-state index contributed by atoms with van der Waals surface area (Å²) < 4.78 is 24.5. The van der Waals surface area contributed by atoms with E-state index < -0.39 is 9.84 Å². The van der Waals surface area contributed by atoms with Gasteiger partial charge in [-0.1, -0.05) is 33.1 Å². The lowest BCUT2D eigenvalue weighted by Gasteiger charge is -2.25. The standard InChI is InChI=1S/C12H25NO2S/c1-10(2)13-9-11(3)16(14,15)12-7-5-4-6-8-12/h10-13H,4-9H2,1-3H3. The van der Waals surface area contributed by atoms with E-state index in [1.165, 1.54) is 6.42 Å². The van der Waals surface area contributed by atoms with Gasteiger partial charge in [-0.2, -0.15) is 0 Å². The lowest BCUT2D eigenvalue weighted by Crippen LogP contribution is -2.40. The minimum absolute atomic E-state index is 0.0785. The summed E-state index contributed by atoms with van der Waals surface area (Å²) in [4.78, 5) is 0. The average Bonchev–Trinajstić information content (AvgIpc) is 2.27. The summed E-state index contributed by atoms with van der Waals surface area (Å²) in [7, 11) is -2.92. The Morgan fingerprint density at radius 2 is 1.69 bits per heavy atom. The Balaban J connectivity index is 2.54. The first-order valence-electron chi connectivity index (χ1n) is 6.40. The molecule has 1 aliphatic rings. The minimum atomic E-state index is -2.92. The van der Waals surface area contributed by atoms with Crippen molar-refractivity contribution in [3.63, 3.8) is 0 Å². The largest absolute Gasteiger partial charge is 0.313 e. The molecule has 0 saturated heterocycles. The zero-order valence-electron chi connectivity index (χ0n) is 10.7. The lowest BCUT2D eigenvalue weighted by molar-refractivity contribution is 0.474. The van der Waals surface area contributed by atoms with E-state index in [0.717, 1.165) is 25.7 Å². The van der Waals surface area contributed by atoms with Crippen molar-refractivity contribution >= 4 is 9.84 Å².